The van der Waals surface area contributed by atoms with Crippen LogP contribution in [0.2, 0.25) is 0 Å². The molecule has 1 saturated heterocycles. The van der Waals surface area contributed by atoms with Crippen molar-refractivity contribution in [1.29, 1.82) is 0 Å². The molecule has 1 fully saturated rings. The molecule has 0 aliphatic carbocycles. The third-order valence-corrected chi connectivity index (χ3v) is 6.89. The van der Waals surface area contributed by atoms with Crippen LogP contribution in [0.4, 0.5) is 0 Å². The molecule has 12 heteroatoms. The Hall–Kier alpha value is -3.51. The Kier molecular flexibility index (Phi) is 6.56. The van der Waals surface area contributed by atoms with Crippen molar-refractivity contribution in [3.8, 4) is 0 Å². The van der Waals surface area contributed by atoms with E-state index in [0.717, 1.165) is 5.56 Å². The van der Waals surface area contributed by atoms with Crippen LogP contribution in [0.25, 0.3) is 6.08 Å². The predicted molar refractivity (Wildman–Crippen MR) is 122 cm³/mol. The fourth-order valence-corrected chi connectivity index (χ4v) is 5.37. The van der Waals surface area contributed by atoms with Crippen molar-refractivity contribution in [2.75, 3.05) is 12.9 Å². The van der Waals surface area contributed by atoms with Gasteiger partial charge in [0.1, 0.15) is 37.0 Å². The summed E-state index contributed by atoms with van der Waals surface area (Å²) in [5.74, 6) is -1.93. The van der Waals surface area contributed by atoms with Gasteiger partial charge in [0.05, 0.1) is 5.51 Å². The molecule has 2 aromatic heterocycles. The topological polar surface area (TPSA) is 125 Å². The van der Waals surface area contributed by atoms with Crippen molar-refractivity contribution < 1.29 is 28.9 Å². The lowest BCUT2D eigenvalue weighted by Crippen LogP contribution is -2.71. The number of carboxylic acids is 1. The van der Waals surface area contributed by atoms with Crippen molar-refractivity contribution in [2.24, 2.45) is 12.2 Å². The number of allylic oxidation sites excluding steroid dienone is 1. The molecule has 2 aromatic rings. The zero-order valence-corrected chi connectivity index (χ0v) is 19.3. The number of carboxylic acid groups (broad SMARTS) is 1. The molecule has 2 aliphatic rings. The number of carbonyl (C=O) groups excluding carboxylic acids is 2. The quantitative estimate of drug-likeness (QED) is 0.256. The molecule has 0 aromatic carbocycles. The maximum Gasteiger partial charge on any atom is 0.352 e. The number of amides is 2. The molecule has 0 saturated carbocycles. The summed E-state index contributed by atoms with van der Waals surface area (Å²) in [6, 6.07) is 2.91. The van der Waals surface area contributed by atoms with E-state index in [4.69, 9.17) is 4.84 Å². The summed E-state index contributed by atoms with van der Waals surface area (Å²) in [5.41, 5.74) is 3.17. The minimum atomic E-state index is -1.19. The van der Waals surface area contributed by atoms with E-state index in [-0.39, 0.29) is 11.4 Å². The summed E-state index contributed by atoms with van der Waals surface area (Å²) in [4.78, 5) is 47.6. The Morgan fingerprint density at radius 1 is 1.42 bits per heavy atom. The highest BCUT2D eigenvalue weighted by Gasteiger charge is 2.54. The molecule has 0 spiro atoms. The van der Waals surface area contributed by atoms with Gasteiger partial charge in [-0.3, -0.25) is 14.5 Å². The summed E-state index contributed by atoms with van der Waals surface area (Å²) in [6.07, 6.45) is 7.32. The Balaban J connectivity index is 1.54. The van der Waals surface area contributed by atoms with Gasteiger partial charge in [0, 0.05) is 22.8 Å². The first kappa shape index (κ1) is 22.7. The SMILES string of the molecule is CO/N=C(\C(=O)N[C@@H]1C(=O)N2C(C(=O)O)=C(/C=C/c3ccc[n+](C)c3)CS[C@H]12)c1cscn1. The van der Waals surface area contributed by atoms with Gasteiger partial charge >= 0.3 is 5.97 Å². The number of aliphatic carboxylic acids is 1. The predicted octanol–water partition coefficient (Wildman–Crippen LogP) is 0.770. The van der Waals surface area contributed by atoms with Gasteiger partial charge in [-0.05, 0) is 17.7 Å². The number of fused-ring (bicyclic) bond motifs is 1. The van der Waals surface area contributed by atoms with Crippen LogP contribution < -0.4 is 9.88 Å². The monoisotopic (exact) mass is 486 g/mol. The fourth-order valence-electron chi connectivity index (χ4n) is 3.51. The molecule has 10 nitrogen and oxygen atoms in total. The minimum Gasteiger partial charge on any atom is -0.477 e. The number of hydrogen-bond donors (Lipinski definition) is 2. The van der Waals surface area contributed by atoms with Crippen molar-refractivity contribution in [3.63, 3.8) is 0 Å². The fraction of sp³-hybridized carbons (Fsp3) is 0.238. The lowest BCUT2D eigenvalue weighted by molar-refractivity contribution is -0.671. The number of carbonyl (C=O) groups is 3. The Morgan fingerprint density at radius 3 is 2.91 bits per heavy atom. The van der Waals surface area contributed by atoms with Crippen molar-refractivity contribution in [2.45, 2.75) is 11.4 Å². The zero-order valence-electron chi connectivity index (χ0n) is 17.7. The van der Waals surface area contributed by atoms with E-state index in [0.29, 0.717) is 17.0 Å². The van der Waals surface area contributed by atoms with Crippen LogP contribution in [-0.2, 0) is 26.3 Å². The molecule has 0 unspecified atom stereocenters. The summed E-state index contributed by atoms with van der Waals surface area (Å²) in [5, 5.41) is 17.3. The molecule has 2 atom stereocenters. The number of nitrogens with one attached hydrogen (secondary N) is 1. The molecule has 0 bridgehead atoms. The number of rotatable bonds is 7. The molecule has 170 valence electrons. The Bertz CT molecular complexity index is 1190. The Labute approximate surface area is 197 Å². The summed E-state index contributed by atoms with van der Waals surface area (Å²) in [6.45, 7) is 0. The van der Waals surface area contributed by atoms with Gasteiger partial charge in [-0.2, -0.15) is 0 Å². The third-order valence-electron chi connectivity index (χ3n) is 5.00. The van der Waals surface area contributed by atoms with Crippen LogP contribution in [0.3, 0.4) is 0 Å². The smallest absolute Gasteiger partial charge is 0.352 e. The molecule has 33 heavy (non-hydrogen) atoms. The van der Waals surface area contributed by atoms with Gasteiger partial charge in [-0.15, -0.1) is 23.1 Å². The van der Waals surface area contributed by atoms with Gasteiger partial charge < -0.3 is 15.3 Å². The molecule has 2 aliphatic heterocycles. The van der Waals surface area contributed by atoms with Crippen molar-refractivity contribution >= 4 is 52.7 Å². The van der Waals surface area contributed by atoms with Crippen molar-refractivity contribution in [1.82, 2.24) is 15.2 Å². The van der Waals surface area contributed by atoms with E-state index >= 15 is 0 Å². The second-order valence-electron chi connectivity index (χ2n) is 7.17. The van der Waals surface area contributed by atoms with E-state index in [9.17, 15) is 19.5 Å². The second-order valence-corrected chi connectivity index (χ2v) is 9.00. The number of thiazole rings is 1. The van der Waals surface area contributed by atoms with E-state index in [1.165, 1.54) is 35.1 Å². The highest BCUT2D eigenvalue weighted by molar-refractivity contribution is 8.00. The molecule has 2 N–H and O–H groups in total. The number of nitrogens with zero attached hydrogens (tertiary/aromatic N) is 4. The summed E-state index contributed by atoms with van der Waals surface area (Å²) in [7, 11) is 3.20. The summed E-state index contributed by atoms with van der Waals surface area (Å²) >= 11 is 2.67. The maximum atomic E-state index is 12.9. The van der Waals surface area contributed by atoms with Gasteiger partial charge in [-0.25, -0.2) is 14.3 Å². The molecule has 2 amide bonds. The third kappa shape index (κ3) is 4.52. The molecule has 4 rings (SSSR count). The van der Waals surface area contributed by atoms with Crippen LogP contribution in [0, 0.1) is 0 Å². The zero-order chi connectivity index (χ0) is 23.5. The van der Waals surface area contributed by atoms with E-state index in [1.54, 1.807) is 17.0 Å². The Morgan fingerprint density at radius 2 is 2.24 bits per heavy atom. The van der Waals surface area contributed by atoms with E-state index in [1.807, 2.05) is 42.2 Å². The lowest BCUT2D eigenvalue weighted by Gasteiger charge is -2.49. The lowest BCUT2D eigenvalue weighted by atomic mass is 10.0. The van der Waals surface area contributed by atoms with Crippen molar-refractivity contribution in [3.05, 3.63) is 64.0 Å². The molecule has 4 heterocycles. The van der Waals surface area contributed by atoms with Crippen LogP contribution in [0.5, 0.6) is 0 Å². The number of pyridine rings is 1. The number of aryl methyl sites for hydroxylation is 1. The largest absolute Gasteiger partial charge is 0.477 e. The van der Waals surface area contributed by atoms with Crippen LogP contribution >= 0.6 is 23.1 Å². The van der Waals surface area contributed by atoms with Crippen LogP contribution in [0.15, 0.2) is 57.9 Å². The molecular formula is C21H20N5O5S2+. The number of β-lactam (4-membered cyclic amide) rings is 1. The summed E-state index contributed by atoms with van der Waals surface area (Å²) < 4.78 is 1.89. The highest BCUT2D eigenvalue weighted by Crippen LogP contribution is 2.40. The number of aromatic nitrogens is 2. The second kappa shape index (κ2) is 9.55. The molecular weight excluding hydrogens is 466 g/mol. The minimum absolute atomic E-state index is 0.0561. The number of hydrogen-bond acceptors (Lipinski definition) is 8. The van der Waals surface area contributed by atoms with Gasteiger partial charge in [0.15, 0.2) is 18.1 Å². The first-order valence-corrected chi connectivity index (χ1v) is 11.7. The van der Waals surface area contributed by atoms with E-state index in [2.05, 4.69) is 15.5 Å². The van der Waals surface area contributed by atoms with Crippen LogP contribution in [0.1, 0.15) is 11.3 Å². The van der Waals surface area contributed by atoms with Gasteiger partial charge in [-0.1, -0.05) is 11.2 Å². The first-order valence-electron chi connectivity index (χ1n) is 9.75. The number of thioether (sulfide) groups is 1. The van der Waals surface area contributed by atoms with Gasteiger partial charge in [0.2, 0.25) is 0 Å². The molecule has 0 radical (unpaired) electrons. The normalized spacial score (nSPS) is 20.5. The van der Waals surface area contributed by atoms with E-state index < -0.39 is 29.2 Å². The highest BCUT2D eigenvalue weighted by atomic mass is 32.2. The average Bonchev–Trinajstić information content (AvgIpc) is 3.33. The van der Waals surface area contributed by atoms with Crippen LogP contribution in [-0.4, -0.2) is 62.8 Å². The average molecular weight is 487 g/mol. The first-order chi connectivity index (χ1) is 15.9. The number of oxime groups is 1. The standard InChI is InChI=1S/C21H19N5O5S2/c1-25-7-3-4-12(8-25)5-6-13-9-33-20-16(19(28)26(20)17(13)21(29)30)23-18(27)15(24-31-2)14-10-32-11-22-14/h3-8,10-11,16,20H,9H2,1-2H3,(H-,23,27,29,30)/p+1/b6-5+,24-15-/t16-,20-/m1/s1. The maximum absolute atomic E-state index is 12.9. The van der Waals surface area contributed by atoms with Gasteiger partial charge in [0.25, 0.3) is 11.8 Å².